The van der Waals surface area contributed by atoms with Crippen molar-refractivity contribution < 1.29 is 14.3 Å². The number of aromatic nitrogens is 4. The SMILES string of the molecule is CCOc1cc2c(cc1CNC(=O)CSc1nnnn1C1CCCC1)O[C@H](C)C2. The van der Waals surface area contributed by atoms with Crippen molar-refractivity contribution in [3.8, 4) is 11.5 Å². The second kappa shape index (κ2) is 9.02. The van der Waals surface area contributed by atoms with Crippen LogP contribution in [-0.2, 0) is 17.8 Å². The lowest BCUT2D eigenvalue weighted by Gasteiger charge is -2.13. The van der Waals surface area contributed by atoms with E-state index in [2.05, 4.69) is 27.8 Å². The number of carbonyl (C=O) groups is 1. The fourth-order valence-electron chi connectivity index (χ4n) is 3.94. The fraction of sp³-hybridized carbons (Fsp3) is 0.600. The van der Waals surface area contributed by atoms with E-state index in [-0.39, 0.29) is 17.8 Å². The number of nitrogens with one attached hydrogen (secondary N) is 1. The Bertz CT molecular complexity index is 866. The molecule has 1 atom stereocenters. The number of carbonyl (C=O) groups excluding carboxylic acids is 1. The highest BCUT2D eigenvalue weighted by Crippen LogP contribution is 2.35. The summed E-state index contributed by atoms with van der Waals surface area (Å²) in [5.41, 5.74) is 2.08. The van der Waals surface area contributed by atoms with Crippen LogP contribution in [0.4, 0.5) is 0 Å². The fourth-order valence-corrected chi connectivity index (χ4v) is 4.72. The molecule has 1 aliphatic carbocycles. The molecule has 0 spiro atoms. The minimum atomic E-state index is -0.0618. The summed E-state index contributed by atoms with van der Waals surface area (Å²) in [6, 6.07) is 4.38. The van der Waals surface area contributed by atoms with E-state index < -0.39 is 0 Å². The first kappa shape index (κ1) is 20.0. The maximum Gasteiger partial charge on any atom is 0.230 e. The number of fused-ring (bicyclic) bond motifs is 1. The zero-order valence-corrected chi connectivity index (χ0v) is 17.7. The molecule has 9 heteroatoms. The standard InChI is InChI=1S/C20H27N5O3S/c1-3-27-17-9-14-8-13(2)28-18(14)10-15(17)11-21-19(26)12-29-20-22-23-24-25(20)16-6-4-5-7-16/h9-10,13,16H,3-8,11-12H2,1-2H3,(H,21,26)/t13-/m1/s1. The van der Waals surface area contributed by atoms with Gasteiger partial charge in [0.05, 0.1) is 18.4 Å². The predicted molar refractivity (Wildman–Crippen MR) is 109 cm³/mol. The van der Waals surface area contributed by atoms with Crippen molar-refractivity contribution in [1.29, 1.82) is 0 Å². The average Bonchev–Trinajstić information content (AvgIpc) is 3.44. The molecule has 1 aromatic heterocycles. The summed E-state index contributed by atoms with van der Waals surface area (Å²) in [7, 11) is 0. The van der Waals surface area contributed by atoms with Crippen molar-refractivity contribution in [2.24, 2.45) is 0 Å². The molecule has 4 rings (SSSR count). The minimum absolute atomic E-state index is 0.0618. The molecule has 156 valence electrons. The number of hydrogen-bond donors (Lipinski definition) is 1. The van der Waals surface area contributed by atoms with E-state index in [9.17, 15) is 4.79 Å². The third kappa shape index (κ3) is 4.66. The van der Waals surface area contributed by atoms with Crippen molar-refractivity contribution in [3.63, 3.8) is 0 Å². The maximum atomic E-state index is 12.4. The molecule has 2 aliphatic rings. The molecule has 1 N–H and O–H groups in total. The summed E-state index contributed by atoms with van der Waals surface area (Å²) < 4.78 is 13.5. The monoisotopic (exact) mass is 417 g/mol. The van der Waals surface area contributed by atoms with Gasteiger partial charge in [0.1, 0.15) is 17.6 Å². The van der Waals surface area contributed by atoms with Crippen LogP contribution in [0.1, 0.15) is 56.7 Å². The Morgan fingerprint density at radius 2 is 2.21 bits per heavy atom. The summed E-state index contributed by atoms with van der Waals surface area (Å²) in [6.45, 7) is 4.99. The Hall–Kier alpha value is -2.29. The van der Waals surface area contributed by atoms with E-state index in [0.717, 1.165) is 41.9 Å². The van der Waals surface area contributed by atoms with E-state index in [0.29, 0.717) is 24.3 Å². The molecule has 0 saturated heterocycles. The Morgan fingerprint density at radius 1 is 1.38 bits per heavy atom. The first-order chi connectivity index (χ1) is 14.1. The quantitative estimate of drug-likeness (QED) is 0.660. The second-order valence-corrected chi connectivity index (χ2v) is 8.49. The predicted octanol–water partition coefficient (Wildman–Crippen LogP) is 2.92. The van der Waals surface area contributed by atoms with E-state index in [1.165, 1.54) is 24.6 Å². The topological polar surface area (TPSA) is 91.2 Å². The van der Waals surface area contributed by atoms with Crippen LogP contribution in [0.25, 0.3) is 0 Å². The largest absolute Gasteiger partial charge is 0.494 e. The van der Waals surface area contributed by atoms with Gasteiger partial charge in [-0.15, -0.1) is 5.10 Å². The maximum absolute atomic E-state index is 12.4. The van der Waals surface area contributed by atoms with Crippen LogP contribution >= 0.6 is 11.8 Å². The molecule has 0 radical (unpaired) electrons. The van der Waals surface area contributed by atoms with Crippen molar-refractivity contribution in [2.75, 3.05) is 12.4 Å². The number of thioether (sulfide) groups is 1. The third-order valence-electron chi connectivity index (χ3n) is 5.32. The summed E-state index contributed by atoms with van der Waals surface area (Å²) >= 11 is 1.38. The molecule has 1 amide bonds. The van der Waals surface area contributed by atoms with E-state index in [1.807, 2.05) is 23.7 Å². The second-order valence-electron chi connectivity index (χ2n) is 7.54. The molecule has 1 aliphatic heterocycles. The van der Waals surface area contributed by atoms with Gasteiger partial charge >= 0.3 is 0 Å². The summed E-state index contributed by atoms with van der Waals surface area (Å²) in [4.78, 5) is 12.4. The number of ether oxygens (including phenoxy) is 2. The van der Waals surface area contributed by atoms with Crippen LogP contribution < -0.4 is 14.8 Å². The number of amides is 1. The van der Waals surface area contributed by atoms with Crippen LogP contribution in [0.5, 0.6) is 11.5 Å². The van der Waals surface area contributed by atoms with Gasteiger partial charge < -0.3 is 14.8 Å². The summed E-state index contributed by atoms with van der Waals surface area (Å²) in [6.07, 6.45) is 5.68. The van der Waals surface area contributed by atoms with Crippen LogP contribution in [0.3, 0.4) is 0 Å². The molecule has 1 aromatic carbocycles. The average molecular weight is 418 g/mol. The summed E-state index contributed by atoms with van der Waals surface area (Å²) in [5.74, 6) is 1.90. The van der Waals surface area contributed by atoms with Crippen molar-refractivity contribution >= 4 is 17.7 Å². The number of tetrazole rings is 1. The van der Waals surface area contributed by atoms with Gasteiger partial charge in [-0.1, -0.05) is 24.6 Å². The Labute approximate surface area is 174 Å². The molecule has 2 heterocycles. The van der Waals surface area contributed by atoms with Crippen molar-refractivity contribution in [1.82, 2.24) is 25.5 Å². The lowest BCUT2D eigenvalue weighted by molar-refractivity contribution is -0.118. The van der Waals surface area contributed by atoms with E-state index in [4.69, 9.17) is 9.47 Å². The number of hydrogen-bond acceptors (Lipinski definition) is 7. The highest BCUT2D eigenvalue weighted by atomic mass is 32.2. The van der Waals surface area contributed by atoms with Crippen LogP contribution in [0, 0.1) is 0 Å². The van der Waals surface area contributed by atoms with Crippen molar-refractivity contribution in [2.45, 2.75) is 69.8 Å². The molecule has 29 heavy (non-hydrogen) atoms. The molecule has 8 nitrogen and oxygen atoms in total. The Kier molecular flexibility index (Phi) is 6.22. The van der Waals surface area contributed by atoms with E-state index >= 15 is 0 Å². The van der Waals surface area contributed by atoms with Crippen LogP contribution in [0.2, 0.25) is 0 Å². The van der Waals surface area contributed by atoms with Gasteiger partial charge in [0.15, 0.2) is 0 Å². The van der Waals surface area contributed by atoms with Gasteiger partial charge in [0, 0.05) is 24.1 Å². The summed E-state index contributed by atoms with van der Waals surface area (Å²) in [5, 5.41) is 15.7. The highest BCUT2D eigenvalue weighted by molar-refractivity contribution is 7.99. The van der Waals surface area contributed by atoms with Gasteiger partial charge in [-0.3, -0.25) is 4.79 Å². The first-order valence-electron chi connectivity index (χ1n) is 10.3. The Morgan fingerprint density at radius 3 is 3.00 bits per heavy atom. The third-order valence-corrected chi connectivity index (χ3v) is 6.25. The molecule has 1 fully saturated rings. The number of nitrogens with zero attached hydrogens (tertiary/aromatic N) is 4. The lowest BCUT2D eigenvalue weighted by Crippen LogP contribution is -2.25. The smallest absolute Gasteiger partial charge is 0.230 e. The van der Waals surface area contributed by atoms with Gasteiger partial charge in [0.25, 0.3) is 0 Å². The molecule has 1 saturated carbocycles. The number of benzene rings is 1. The van der Waals surface area contributed by atoms with Crippen LogP contribution in [0.15, 0.2) is 17.3 Å². The molecule has 0 unspecified atom stereocenters. The number of rotatable bonds is 8. The molecule has 2 aromatic rings. The lowest BCUT2D eigenvalue weighted by atomic mass is 10.1. The first-order valence-corrected chi connectivity index (χ1v) is 11.2. The highest BCUT2D eigenvalue weighted by Gasteiger charge is 2.23. The van der Waals surface area contributed by atoms with Crippen molar-refractivity contribution in [3.05, 3.63) is 23.3 Å². The van der Waals surface area contributed by atoms with Gasteiger partial charge in [-0.25, -0.2) is 4.68 Å². The van der Waals surface area contributed by atoms with Gasteiger partial charge in [-0.2, -0.15) is 0 Å². The van der Waals surface area contributed by atoms with Crippen LogP contribution in [-0.4, -0.2) is 44.6 Å². The zero-order chi connectivity index (χ0) is 20.2. The van der Waals surface area contributed by atoms with E-state index in [1.54, 1.807) is 0 Å². The normalized spacial score (nSPS) is 18.5. The molecule has 0 bridgehead atoms. The Balaban J connectivity index is 1.34. The zero-order valence-electron chi connectivity index (χ0n) is 16.9. The molecular weight excluding hydrogens is 390 g/mol. The van der Waals surface area contributed by atoms with Gasteiger partial charge in [0.2, 0.25) is 11.1 Å². The minimum Gasteiger partial charge on any atom is -0.494 e. The van der Waals surface area contributed by atoms with Gasteiger partial charge in [-0.05, 0) is 49.2 Å². The molecular formula is C20H27N5O3S.